The number of esters is 1. The summed E-state index contributed by atoms with van der Waals surface area (Å²) in [5, 5.41) is 3.53. The van der Waals surface area contributed by atoms with Crippen LogP contribution in [0.2, 0.25) is 0 Å². The van der Waals surface area contributed by atoms with Crippen molar-refractivity contribution in [3.8, 4) is 17.2 Å². The van der Waals surface area contributed by atoms with Gasteiger partial charge in [-0.25, -0.2) is 0 Å². The normalized spacial score (nSPS) is 18.6. The second-order valence-electron chi connectivity index (χ2n) is 9.51. The molecule has 0 saturated heterocycles. The van der Waals surface area contributed by atoms with E-state index in [0.29, 0.717) is 41.2 Å². The fourth-order valence-corrected chi connectivity index (χ4v) is 5.09. The van der Waals surface area contributed by atoms with Gasteiger partial charge in [-0.3, -0.25) is 9.59 Å². The van der Waals surface area contributed by atoms with Crippen molar-refractivity contribution < 1.29 is 28.5 Å². The Balaban J connectivity index is 2.05. The number of carbonyl (C=O) groups is 2. The number of rotatable bonds is 6. The molecule has 0 fully saturated rings. The number of para-hydroxylation sites is 2. The van der Waals surface area contributed by atoms with Gasteiger partial charge >= 0.3 is 5.97 Å². The first-order chi connectivity index (χ1) is 16.7. The standard InChI is InChI=1S/C27H32N2O6/c1-27(2)13-18-23(20(30)14-27)24(16-11-12-21(32-3)26(35-6)25(16)34-5)29(15-22(31)33-4)19-10-8-7-9-17(19)28-18/h7-12,24,28H,13-15H2,1-6H3/t24-/m0/s1. The first-order valence-corrected chi connectivity index (χ1v) is 11.5. The summed E-state index contributed by atoms with van der Waals surface area (Å²) in [7, 11) is 6.00. The summed E-state index contributed by atoms with van der Waals surface area (Å²) in [6.07, 6.45) is 1.07. The highest BCUT2D eigenvalue weighted by molar-refractivity contribution is 6.02. The van der Waals surface area contributed by atoms with E-state index in [1.165, 1.54) is 7.11 Å². The number of benzene rings is 2. The maximum Gasteiger partial charge on any atom is 0.325 e. The maximum atomic E-state index is 13.8. The minimum Gasteiger partial charge on any atom is -0.493 e. The topological polar surface area (TPSA) is 86.3 Å². The van der Waals surface area contributed by atoms with Crippen LogP contribution in [0.3, 0.4) is 0 Å². The van der Waals surface area contributed by atoms with Gasteiger partial charge in [0.25, 0.3) is 0 Å². The molecule has 8 heteroatoms. The van der Waals surface area contributed by atoms with Crippen LogP contribution < -0.4 is 24.4 Å². The third kappa shape index (κ3) is 4.40. The van der Waals surface area contributed by atoms with Crippen LogP contribution >= 0.6 is 0 Å². The van der Waals surface area contributed by atoms with Gasteiger partial charge in [0.15, 0.2) is 17.3 Å². The van der Waals surface area contributed by atoms with Gasteiger partial charge in [0.05, 0.1) is 45.9 Å². The van der Waals surface area contributed by atoms with Crippen LogP contribution in [-0.4, -0.2) is 46.7 Å². The molecule has 1 aliphatic carbocycles. The van der Waals surface area contributed by atoms with Gasteiger partial charge in [0.1, 0.15) is 6.54 Å². The van der Waals surface area contributed by atoms with Crippen molar-refractivity contribution in [1.29, 1.82) is 0 Å². The molecular weight excluding hydrogens is 448 g/mol. The van der Waals surface area contributed by atoms with Gasteiger partial charge in [-0.15, -0.1) is 0 Å². The van der Waals surface area contributed by atoms with E-state index in [2.05, 4.69) is 19.2 Å². The molecular formula is C27H32N2O6. The Kier molecular flexibility index (Phi) is 6.65. The second kappa shape index (κ2) is 9.52. The molecule has 1 N–H and O–H groups in total. The number of hydrogen-bond donors (Lipinski definition) is 1. The summed E-state index contributed by atoms with van der Waals surface area (Å²) >= 11 is 0. The molecule has 4 rings (SSSR count). The molecule has 0 radical (unpaired) electrons. The number of hydrogen-bond acceptors (Lipinski definition) is 8. The fraction of sp³-hybridized carbons (Fsp3) is 0.407. The van der Waals surface area contributed by atoms with Crippen LogP contribution in [-0.2, 0) is 14.3 Å². The smallest absolute Gasteiger partial charge is 0.325 e. The minimum absolute atomic E-state index is 0.0215. The number of carbonyl (C=O) groups excluding carboxylic acids is 2. The van der Waals surface area contributed by atoms with E-state index in [-0.39, 0.29) is 17.7 Å². The number of anilines is 2. The monoisotopic (exact) mass is 480 g/mol. The van der Waals surface area contributed by atoms with Gasteiger partial charge in [0, 0.05) is 23.3 Å². The average molecular weight is 481 g/mol. The van der Waals surface area contributed by atoms with E-state index < -0.39 is 12.0 Å². The van der Waals surface area contributed by atoms with Crippen molar-refractivity contribution in [2.24, 2.45) is 5.41 Å². The Labute approximate surface area is 205 Å². The molecule has 2 aromatic carbocycles. The Morgan fingerprint density at radius 3 is 2.37 bits per heavy atom. The molecule has 1 aliphatic heterocycles. The lowest BCUT2D eigenvalue weighted by molar-refractivity contribution is -0.139. The molecule has 1 heterocycles. The zero-order valence-electron chi connectivity index (χ0n) is 21.1. The first kappa shape index (κ1) is 24.4. The summed E-state index contributed by atoms with van der Waals surface area (Å²) in [6.45, 7) is 4.11. The summed E-state index contributed by atoms with van der Waals surface area (Å²) in [5.74, 6) is 0.965. The van der Waals surface area contributed by atoms with Crippen LogP contribution in [0.1, 0.15) is 38.3 Å². The van der Waals surface area contributed by atoms with E-state index in [1.807, 2.05) is 35.2 Å². The van der Waals surface area contributed by atoms with Crippen LogP contribution in [0.5, 0.6) is 17.2 Å². The minimum atomic E-state index is -0.626. The van der Waals surface area contributed by atoms with Crippen molar-refractivity contribution in [3.63, 3.8) is 0 Å². The third-order valence-corrected chi connectivity index (χ3v) is 6.56. The van der Waals surface area contributed by atoms with Gasteiger partial charge in [0.2, 0.25) is 5.75 Å². The van der Waals surface area contributed by atoms with Crippen LogP contribution in [0.15, 0.2) is 47.7 Å². The average Bonchev–Trinajstić information content (AvgIpc) is 2.96. The first-order valence-electron chi connectivity index (χ1n) is 11.5. The lowest BCUT2D eigenvalue weighted by Crippen LogP contribution is -2.39. The predicted molar refractivity (Wildman–Crippen MR) is 133 cm³/mol. The van der Waals surface area contributed by atoms with Crippen molar-refractivity contribution in [3.05, 3.63) is 53.2 Å². The lowest BCUT2D eigenvalue weighted by Gasteiger charge is -2.38. The molecule has 1 atom stereocenters. The Bertz CT molecular complexity index is 1190. The largest absolute Gasteiger partial charge is 0.493 e. The number of ether oxygens (including phenoxy) is 4. The van der Waals surface area contributed by atoms with Gasteiger partial charge in [-0.1, -0.05) is 26.0 Å². The quantitative estimate of drug-likeness (QED) is 0.605. The van der Waals surface area contributed by atoms with E-state index in [1.54, 1.807) is 27.4 Å². The number of fused-ring (bicyclic) bond motifs is 1. The Morgan fingerprint density at radius 1 is 1.00 bits per heavy atom. The van der Waals surface area contributed by atoms with E-state index in [0.717, 1.165) is 17.1 Å². The van der Waals surface area contributed by atoms with Crippen molar-refractivity contribution in [1.82, 2.24) is 0 Å². The van der Waals surface area contributed by atoms with Gasteiger partial charge in [-0.05, 0) is 36.1 Å². The summed E-state index contributed by atoms with van der Waals surface area (Å²) in [4.78, 5) is 28.3. The number of nitrogens with zero attached hydrogens (tertiary/aromatic N) is 1. The van der Waals surface area contributed by atoms with E-state index in [9.17, 15) is 9.59 Å². The third-order valence-electron chi connectivity index (χ3n) is 6.56. The molecule has 0 saturated carbocycles. The van der Waals surface area contributed by atoms with Crippen LogP contribution in [0, 0.1) is 5.41 Å². The Hall–Kier alpha value is -3.68. The molecule has 0 unspecified atom stereocenters. The maximum absolute atomic E-state index is 13.8. The Morgan fingerprint density at radius 2 is 1.71 bits per heavy atom. The van der Waals surface area contributed by atoms with Crippen molar-refractivity contribution in [2.75, 3.05) is 45.2 Å². The summed E-state index contributed by atoms with van der Waals surface area (Å²) < 4.78 is 22.0. The SMILES string of the molecule is COC(=O)CN1c2ccccc2NC2=C(C(=O)CC(C)(C)C2)[C@@H]1c1ccc(OC)c(OC)c1OC. The number of Topliss-reactive ketones (excluding diaryl/α,β-unsaturated/α-hetero) is 1. The molecule has 0 spiro atoms. The molecule has 186 valence electrons. The fourth-order valence-electron chi connectivity index (χ4n) is 5.09. The zero-order valence-corrected chi connectivity index (χ0v) is 21.1. The highest BCUT2D eigenvalue weighted by Crippen LogP contribution is 2.52. The lowest BCUT2D eigenvalue weighted by atomic mass is 9.73. The predicted octanol–water partition coefficient (Wildman–Crippen LogP) is 4.50. The van der Waals surface area contributed by atoms with Crippen molar-refractivity contribution >= 4 is 23.1 Å². The van der Waals surface area contributed by atoms with Crippen LogP contribution in [0.25, 0.3) is 0 Å². The van der Waals surface area contributed by atoms with E-state index >= 15 is 0 Å². The number of ketones is 1. The molecule has 2 aliphatic rings. The van der Waals surface area contributed by atoms with Gasteiger partial charge in [-0.2, -0.15) is 0 Å². The number of allylic oxidation sites excluding steroid dienone is 1. The zero-order chi connectivity index (χ0) is 25.3. The molecule has 8 nitrogen and oxygen atoms in total. The molecule has 0 aromatic heterocycles. The van der Waals surface area contributed by atoms with E-state index in [4.69, 9.17) is 18.9 Å². The number of methoxy groups -OCH3 is 4. The summed E-state index contributed by atoms with van der Waals surface area (Å²) in [5.41, 5.74) is 3.52. The van der Waals surface area contributed by atoms with Crippen LogP contribution in [0.4, 0.5) is 11.4 Å². The molecule has 0 bridgehead atoms. The van der Waals surface area contributed by atoms with Gasteiger partial charge < -0.3 is 29.2 Å². The second-order valence-corrected chi connectivity index (χ2v) is 9.51. The molecule has 2 aromatic rings. The highest BCUT2D eigenvalue weighted by Gasteiger charge is 2.43. The van der Waals surface area contributed by atoms with Crippen molar-refractivity contribution in [2.45, 2.75) is 32.7 Å². The highest BCUT2D eigenvalue weighted by atomic mass is 16.5. The molecule has 35 heavy (non-hydrogen) atoms. The number of nitrogens with one attached hydrogen (secondary N) is 1. The molecule has 0 amide bonds. The summed E-state index contributed by atoms with van der Waals surface area (Å²) in [6, 6.07) is 10.7.